The van der Waals surface area contributed by atoms with Crippen LogP contribution in [0.2, 0.25) is 0 Å². The van der Waals surface area contributed by atoms with Gasteiger partial charge in [0.05, 0.1) is 0 Å². The Balaban J connectivity index is 1.91. The van der Waals surface area contributed by atoms with Crippen molar-refractivity contribution < 1.29 is 14.3 Å². The first-order chi connectivity index (χ1) is 17.1. The van der Waals surface area contributed by atoms with Crippen LogP contribution in [0.3, 0.4) is 0 Å². The highest BCUT2D eigenvalue weighted by Gasteiger charge is 2.31. The minimum Gasteiger partial charge on any atom is -0.484 e. The van der Waals surface area contributed by atoms with Gasteiger partial charge in [0.1, 0.15) is 11.8 Å². The van der Waals surface area contributed by atoms with Crippen molar-refractivity contribution in [3.8, 4) is 5.75 Å². The zero-order valence-corrected chi connectivity index (χ0v) is 24.2. The van der Waals surface area contributed by atoms with E-state index in [4.69, 9.17) is 4.74 Å². The third-order valence-electron chi connectivity index (χ3n) is 5.74. The summed E-state index contributed by atoms with van der Waals surface area (Å²) in [5.74, 6) is 0.182. The third kappa shape index (κ3) is 7.93. The number of carbonyl (C=O) groups is 2. The molecule has 2 amide bonds. The van der Waals surface area contributed by atoms with Crippen molar-refractivity contribution in [3.63, 3.8) is 0 Å². The first kappa shape index (κ1) is 27.9. The van der Waals surface area contributed by atoms with Gasteiger partial charge in [0.15, 0.2) is 6.61 Å². The fourth-order valence-electron chi connectivity index (χ4n) is 3.94. The topological polar surface area (TPSA) is 58.6 Å². The van der Waals surface area contributed by atoms with Crippen LogP contribution >= 0.6 is 31.9 Å². The molecule has 1 atom stereocenters. The molecule has 3 aromatic carbocycles. The molecular formula is C29H32Br2N2O3. The predicted octanol–water partition coefficient (Wildman–Crippen LogP) is 6.37. The molecule has 5 nitrogen and oxygen atoms in total. The maximum atomic E-state index is 13.6. The highest BCUT2D eigenvalue weighted by molar-refractivity contribution is 9.10. The second-order valence-corrected chi connectivity index (χ2v) is 10.9. The molecule has 7 heteroatoms. The van der Waals surface area contributed by atoms with Gasteiger partial charge in [-0.1, -0.05) is 74.3 Å². The smallest absolute Gasteiger partial charge is 0.261 e. The van der Waals surface area contributed by atoms with Gasteiger partial charge in [0.2, 0.25) is 5.91 Å². The second-order valence-electron chi connectivity index (χ2n) is 9.18. The number of hydrogen-bond acceptors (Lipinski definition) is 3. The van der Waals surface area contributed by atoms with E-state index in [0.717, 1.165) is 31.2 Å². The van der Waals surface area contributed by atoms with Gasteiger partial charge in [-0.15, -0.1) is 0 Å². The molecule has 3 aromatic rings. The highest BCUT2D eigenvalue weighted by Crippen LogP contribution is 2.26. The fraction of sp³-hybridized carbons (Fsp3) is 0.310. The summed E-state index contributed by atoms with van der Waals surface area (Å²) in [5, 5.41) is 3.00. The molecule has 0 saturated carbocycles. The summed E-state index contributed by atoms with van der Waals surface area (Å²) in [5.41, 5.74) is 3.97. The van der Waals surface area contributed by atoms with Gasteiger partial charge in [-0.25, -0.2) is 0 Å². The van der Waals surface area contributed by atoms with E-state index in [1.807, 2.05) is 94.4 Å². The average molecular weight is 616 g/mol. The maximum Gasteiger partial charge on any atom is 0.261 e. The number of nitrogens with one attached hydrogen (secondary N) is 1. The monoisotopic (exact) mass is 614 g/mol. The van der Waals surface area contributed by atoms with Crippen molar-refractivity contribution in [2.24, 2.45) is 0 Å². The first-order valence-electron chi connectivity index (χ1n) is 11.9. The van der Waals surface area contributed by atoms with Crippen molar-refractivity contribution >= 4 is 43.7 Å². The Morgan fingerprint density at radius 1 is 0.917 bits per heavy atom. The first-order valence-corrected chi connectivity index (χ1v) is 13.5. The minimum atomic E-state index is -0.692. The molecule has 1 N–H and O–H groups in total. The molecule has 0 saturated heterocycles. The fourth-order valence-corrected chi connectivity index (χ4v) is 4.43. The largest absolute Gasteiger partial charge is 0.484 e. The van der Waals surface area contributed by atoms with Crippen LogP contribution in [0, 0.1) is 13.8 Å². The molecule has 0 aromatic heterocycles. The van der Waals surface area contributed by atoms with E-state index < -0.39 is 6.04 Å². The zero-order chi connectivity index (χ0) is 26.2. The quantitative estimate of drug-likeness (QED) is 0.288. The number of halogens is 2. The summed E-state index contributed by atoms with van der Waals surface area (Å²) in [7, 11) is 0. The van der Waals surface area contributed by atoms with Crippen molar-refractivity contribution in [1.82, 2.24) is 10.2 Å². The number of ether oxygens (including phenoxy) is 1. The van der Waals surface area contributed by atoms with Crippen molar-refractivity contribution in [1.29, 1.82) is 0 Å². The Morgan fingerprint density at radius 2 is 1.53 bits per heavy atom. The Bertz CT molecular complexity index is 1160. The summed E-state index contributed by atoms with van der Waals surface area (Å²) < 4.78 is 7.90. The van der Waals surface area contributed by atoms with Crippen molar-refractivity contribution in [3.05, 3.63) is 97.9 Å². The molecule has 1 unspecified atom stereocenters. The van der Waals surface area contributed by atoms with Gasteiger partial charge in [-0.3, -0.25) is 9.59 Å². The summed E-state index contributed by atoms with van der Waals surface area (Å²) in [4.78, 5) is 28.7. The van der Waals surface area contributed by atoms with Crippen LogP contribution in [-0.4, -0.2) is 35.4 Å². The van der Waals surface area contributed by atoms with Crippen molar-refractivity contribution in [2.45, 2.75) is 52.7 Å². The predicted molar refractivity (Wildman–Crippen MR) is 151 cm³/mol. The molecule has 3 rings (SSSR count). The van der Waals surface area contributed by atoms with Crippen LogP contribution < -0.4 is 10.1 Å². The van der Waals surface area contributed by atoms with Gasteiger partial charge < -0.3 is 15.0 Å². The molecule has 36 heavy (non-hydrogen) atoms. The number of hydrogen-bond donors (Lipinski definition) is 1. The van der Waals surface area contributed by atoms with Crippen LogP contribution in [0.25, 0.3) is 0 Å². The van der Waals surface area contributed by atoms with Gasteiger partial charge in [-0.05, 0) is 74.2 Å². The molecule has 0 radical (unpaired) electrons. The Morgan fingerprint density at radius 3 is 2.11 bits per heavy atom. The molecular weight excluding hydrogens is 584 g/mol. The molecule has 0 aliphatic carbocycles. The van der Waals surface area contributed by atoms with Crippen LogP contribution in [0.1, 0.15) is 36.1 Å². The lowest BCUT2D eigenvalue weighted by molar-refractivity contribution is -0.143. The SMILES string of the molecule is Cc1cc(OCC(=O)N(Cc2ccc(Br)cc2)C(Cc2ccccc2)C(=O)NC(C)C)cc(C)c1Br. The van der Waals surface area contributed by atoms with Crippen LogP contribution in [0.5, 0.6) is 5.75 Å². The van der Waals surface area contributed by atoms with Gasteiger partial charge >= 0.3 is 0 Å². The Labute approximate surface area is 230 Å². The molecule has 0 fully saturated rings. The van der Waals surface area contributed by atoms with Crippen LogP contribution in [0.4, 0.5) is 0 Å². The molecule has 0 aliphatic heterocycles. The average Bonchev–Trinajstić information content (AvgIpc) is 2.84. The summed E-state index contributed by atoms with van der Waals surface area (Å²) in [6.45, 7) is 7.92. The molecule has 0 bridgehead atoms. The number of carbonyl (C=O) groups excluding carboxylic acids is 2. The molecule has 190 valence electrons. The number of benzene rings is 3. The van der Waals surface area contributed by atoms with E-state index in [1.165, 1.54) is 0 Å². The summed E-state index contributed by atoms with van der Waals surface area (Å²) in [6.07, 6.45) is 0.401. The maximum absolute atomic E-state index is 13.6. The van der Waals surface area contributed by atoms with E-state index >= 15 is 0 Å². The van der Waals surface area contributed by atoms with E-state index in [-0.39, 0.29) is 31.0 Å². The standard InChI is InChI=1S/C29H32Br2N2O3/c1-19(2)32-29(35)26(16-22-8-6-5-7-9-22)33(17-23-10-12-24(30)13-11-23)27(34)18-36-25-14-20(3)28(31)21(4)15-25/h5-15,19,26H,16-18H2,1-4H3,(H,32,35). The highest BCUT2D eigenvalue weighted by atomic mass is 79.9. The van der Waals surface area contributed by atoms with Gasteiger partial charge in [-0.2, -0.15) is 0 Å². The molecule has 0 heterocycles. The van der Waals surface area contributed by atoms with E-state index in [0.29, 0.717) is 12.2 Å². The van der Waals surface area contributed by atoms with E-state index in [9.17, 15) is 9.59 Å². The zero-order valence-electron chi connectivity index (χ0n) is 21.1. The second kappa shape index (κ2) is 13.1. The van der Waals surface area contributed by atoms with Crippen molar-refractivity contribution in [2.75, 3.05) is 6.61 Å². The number of aryl methyl sites for hydroxylation is 2. The summed E-state index contributed by atoms with van der Waals surface area (Å²) in [6, 6.07) is 20.6. The van der Waals surface area contributed by atoms with Crippen LogP contribution in [-0.2, 0) is 22.6 Å². The van der Waals surface area contributed by atoms with Gasteiger partial charge in [0.25, 0.3) is 5.91 Å². The Hall–Kier alpha value is -2.64. The minimum absolute atomic E-state index is 0.0506. The van der Waals surface area contributed by atoms with E-state index in [1.54, 1.807) is 4.90 Å². The number of nitrogens with zero attached hydrogens (tertiary/aromatic N) is 1. The molecule has 0 spiro atoms. The lowest BCUT2D eigenvalue weighted by Gasteiger charge is -2.32. The number of rotatable bonds is 10. The molecule has 0 aliphatic rings. The van der Waals surface area contributed by atoms with Crippen LogP contribution in [0.15, 0.2) is 75.7 Å². The number of amides is 2. The lowest BCUT2D eigenvalue weighted by atomic mass is 10.0. The third-order valence-corrected chi connectivity index (χ3v) is 7.52. The summed E-state index contributed by atoms with van der Waals surface area (Å²) >= 11 is 7.03. The normalized spacial score (nSPS) is 11.8. The van der Waals surface area contributed by atoms with Gasteiger partial charge in [0, 0.05) is 28.0 Å². The Kier molecular flexibility index (Phi) is 10.1. The van der Waals surface area contributed by atoms with E-state index in [2.05, 4.69) is 37.2 Å². The lowest BCUT2D eigenvalue weighted by Crippen LogP contribution is -2.52.